The molecule has 4 heterocycles. The quantitative estimate of drug-likeness (QED) is 0.207. The molecule has 7 rings (SSSR count). The molecule has 0 atom stereocenters. The van der Waals surface area contributed by atoms with Crippen LogP contribution < -0.4 is 15.0 Å². The molecule has 2 aromatic carbocycles. The van der Waals surface area contributed by atoms with Gasteiger partial charge in [-0.2, -0.15) is 0 Å². The van der Waals surface area contributed by atoms with Crippen molar-refractivity contribution < 1.29 is 22.7 Å². The number of anilines is 1. The summed E-state index contributed by atoms with van der Waals surface area (Å²) in [4.78, 5) is 24.9. The van der Waals surface area contributed by atoms with Crippen LogP contribution in [0.2, 0.25) is 5.02 Å². The zero-order valence-corrected chi connectivity index (χ0v) is 24.6. The Morgan fingerprint density at radius 2 is 1.82 bits per heavy atom. The minimum atomic E-state index is -4.68. The topological polar surface area (TPSA) is 71.8 Å². The standard InChI is InChI=1S/C33H29ClF3N5O2/c1-2-26-30(42-17-24(34)7-12-29(42)39-26)31(43)38-16-20-3-10-27-22(13-20)6-11-28(40-27)41-18-32(19-41)14-23(15-32)21-4-8-25(9-5-21)44-33(35,36)37/h3-13,17,23H,2,14-16,18-19H2,1H3,(H,38,43). The number of alkyl halides is 3. The van der Waals surface area contributed by atoms with Crippen molar-refractivity contribution in [2.45, 2.75) is 45.0 Å². The molecule has 0 radical (unpaired) electrons. The molecule has 7 nitrogen and oxygen atoms in total. The van der Waals surface area contributed by atoms with Gasteiger partial charge in [-0.15, -0.1) is 13.2 Å². The van der Waals surface area contributed by atoms with Crippen molar-refractivity contribution in [1.82, 2.24) is 19.7 Å². The number of nitrogens with one attached hydrogen (secondary N) is 1. The van der Waals surface area contributed by atoms with E-state index in [1.54, 1.807) is 34.9 Å². The maximum Gasteiger partial charge on any atom is 0.573 e. The lowest BCUT2D eigenvalue weighted by Crippen LogP contribution is -2.62. The average molecular weight is 620 g/mol. The monoisotopic (exact) mass is 619 g/mol. The number of halogens is 4. The number of benzene rings is 2. The van der Waals surface area contributed by atoms with Crippen LogP contribution in [-0.2, 0) is 13.0 Å². The number of aromatic nitrogens is 3. The largest absolute Gasteiger partial charge is 0.573 e. The number of ether oxygens (including phenoxy) is 1. The zero-order chi connectivity index (χ0) is 30.6. The third-order valence-electron chi connectivity index (χ3n) is 8.72. The van der Waals surface area contributed by atoms with Crippen LogP contribution in [0, 0.1) is 5.41 Å². The number of carbonyl (C=O) groups excluding carboxylic acids is 1. The molecule has 1 aliphatic heterocycles. The highest BCUT2D eigenvalue weighted by atomic mass is 35.5. The highest BCUT2D eigenvalue weighted by molar-refractivity contribution is 6.30. The van der Waals surface area contributed by atoms with Crippen LogP contribution in [0.1, 0.15) is 53.0 Å². The SMILES string of the molecule is CCc1nc2ccc(Cl)cn2c1C(=O)NCc1ccc2nc(N3CC4(CC(c5ccc(OC(F)(F)F)cc5)C4)C3)ccc2c1. The summed E-state index contributed by atoms with van der Waals surface area (Å²) >= 11 is 6.17. The molecule has 0 bridgehead atoms. The van der Waals surface area contributed by atoms with E-state index in [0.29, 0.717) is 35.2 Å². The van der Waals surface area contributed by atoms with Gasteiger partial charge in [0.1, 0.15) is 22.9 Å². The second-order valence-corrected chi connectivity index (χ2v) is 12.2. The summed E-state index contributed by atoms with van der Waals surface area (Å²) in [6.07, 6.45) is -0.330. The first kappa shape index (κ1) is 28.5. The maximum absolute atomic E-state index is 13.2. The van der Waals surface area contributed by atoms with Gasteiger partial charge < -0.3 is 15.0 Å². The lowest BCUT2D eigenvalue weighted by atomic mass is 9.56. The molecule has 1 amide bonds. The molecule has 5 aromatic rings. The normalized spacial score (nSPS) is 16.2. The number of amides is 1. The van der Waals surface area contributed by atoms with E-state index in [-0.39, 0.29) is 17.1 Å². The third kappa shape index (κ3) is 5.43. The Hall–Kier alpha value is -4.31. The van der Waals surface area contributed by atoms with E-state index in [1.807, 2.05) is 31.2 Å². The van der Waals surface area contributed by atoms with Crippen LogP contribution in [0.15, 0.2) is 72.9 Å². The molecule has 0 unspecified atom stereocenters. The highest BCUT2D eigenvalue weighted by Gasteiger charge is 2.52. The van der Waals surface area contributed by atoms with Gasteiger partial charge in [-0.3, -0.25) is 9.20 Å². The van der Waals surface area contributed by atoms with E-state index >= 15 is 0 Å². The van der Waals surface area contributed by atoms with Crippen LogP contribution in [0.3, 0.4) is 0 Å². The van der Waals surface area contributed by atoms with E-state index in [1.165, 1.54) is 12.1 Å². The van der Waals surface area contributed by atoms with Crippen molar-refractivity contribution >= 4 is 39.9 Å². The Kier molecular flexibility index (Phi) is 6.92. The molecule has 2 fully saturated rings. The smallest absolute Gasteiger partial charge is 0.406 e. The van der Waals surface area contributed by atoms with Gasteiger partial charge in [0, 0.05) is 36.6 Å². The van der Waals surface area contributed by atoms with Crippen LogP contribution >= 0.6 is 11.6 Å². The predicted octanol–water partition coefficient (Wildman–Crippen LogP) is 7.31. The summed E-state index contributed by atoms with van der Waals surface area (Å²) in [6.45, 7) is 4.16. The van der Waals surface area contributed by atoms with Crippen molar-refractivity contribution in [3.8, 4) is 5.75 Å². The van der Waals surface area contributed by atoms with Gasteiger partial charge in [-0.25, -0.2) is 9.97 Å². The van der Waals surface area contributed by atoms with Crippen molar-refractivity contribution in [1.29, 1.82) is 0 Å². The number of hydrogen-bond donors (Lipinski definition) is 1. The summed E-state index contributed by atoms with van der Waals surface area (Å²) in [5.41, 5.74) is 5.03. The van der Waals surface area contributed by atoms with Gasteiger partial charge in [0.15, 0.2) is 0 Å². The van der Waals surface area contributed by atoms with Gasteiger partial charge in [-0.05, 0) is 84.8 Å². The second-order valence-electron chi connectivity index (χ2n) is 11.8. The van der Waals surface area contributed by atoms with E-state index in [2.05, 4.69) is 26.0 Å². The molecule has 11 heteroatoms. The number of pyridine rings is 2. The first-order chi connectivity index (χ1) is 21.1. The zero-order valence-electron chi connectivity index (χ0n) is 23.9. The molecule has 2 aliphatic rings. The lowest BCUT2D eigenvalue weighted by molar-refractivity contribution is -0.274. The molecular formula is C33H29ClF3N5O2. The van der Waals surface area contributed by atoms with Crippen molar-refractivity contribution in [2.24, 2.45) is 5.41 Å². The summed E-state index contributed by atoms with van der Waals surface area (Å²) in [5, 5.41) is 4.55. The molecule has 1 aliphatic carbocycles. The molecule has 3 aromatic heterocycles. The molecule has 1 saturated carbocycles. The number of fused-ring (bicyclic) bond motifs is 2. The molecule has 44 heavy (non-hydrogen) atoms. The Morgan fingerprint density at radius 1 is 1.05 bits per heavy atom. The molecule has 1 spiro atoms. The Balaban J connectivity index is 0.957. The van der Waals surface area contributed by atoms with Gasteiger partial charge in [0.2, 0.25) is 0 Å². The van der Waals surface area contributed by atoms with Crippen LogP contribution in [0.5, 0.6) is 5.75 Å². The van der Waals surface area contributed by atoms with Gasteiger partial charge in [0.25, 0.3) is 5.91 Å². The van der Waals surface area contributed by atoms with E-state index in [9.17, 15) is 18.0 Å². The first-order valence-electron chi connectivity index (χ1n) is 14.5. The fourth-order valence-corrected chi connectivity index (χ4v) is 6.78. The fraction of sp³-hybridized carbons (Fsp3) is 0.303. The third-order valence-corrected chi connectivity index (χ3v) is 8.94. The summed E-state index contributed by atoms with van der Waals surface area (Å²) in [6, 6.07) is 19.9. The number of nitrogens with zero attached hydrogens (tertiary/aromatic N) is 4. The van der Waals surface area contributed by atoms with Crippen molar-refractivity contribution in [3.05, 3.63) is 100 Å². The van der Waals surface area contributed by atoms with Crippen LogP contribution in [0.4, 0.5) is 19.0 Å². The minimum Gasteiger partial charge on any atom is -0.406 e. The Morgan fingerprint density at radius 3 is 2.55 bits per heavy atom. The Labute approximate surface area is 256 Å². The molecular weight excluding hydrogens is 591 g/mol. The highest BCUT2D eigenvalue weighted by Crippen LogP contribution is 2.56. The van der Waals surface area contributed by atoms with Gasteiger partial charge >= 0.3 is 6.36 Å². The summed E-state index contributed by atoms with van der Waals surface area (Å²) in [5.74, 6) is 0.880. The minimum absolute atomic E-state index is 0.191. The predicted molar refractivity (Wildman–Crippen MR) is 162 cm³/mol. The summed E-state index contributed by atoms with van der Waals surface area (Å²) < 4.78 is 43.0. The number of carbonyl (C=O) groups is 1. The average Bonchev–Trinajstić information content (AvgIpc) is 3.32. The Bertz CT molecular complexity index is 1880. The van der Waals surface area contributed by atoms with E-state index in [4.69, 9.17) is 16.6 Å². The molecule has 1 saturated heterocycles. The van der Waals surface area contributed by atoms with Gasteiger partial charge in [0.05, 0.1) is 16.2 Å². The van der Waals surface area contributed by atoms with Crippen LogP contribution in [-0.4, -0.2) is 39.7 Å². The first-order valence-corrected chi connectivity index (χ1v) is 14.9. The van der Waals surface area contributed by atoms with Crippen molar-refractivity contribution in [2.75, 3.05) is 18.0 Å². The van der Waals surface area contributed by atoms with Gasteiger partial charge in [-0.1, -0.05) is 36.7 Å². The molecule has 226 valence electrons. The summed E-state index contributed by atoms with van der Waals surface area (Å²) in [7, 11) is 0. The van der Waals surface area contributed by atoms with E-state index < -0.39 is 6.36 Å². The number of hydrogen-bond acceptors (Lipinski definition) is 5. The number of imidazole rings is 1. The maximum atomic E-state index is 13.2. The fourth-order valence-electron chi connectivity index (χ4n) is 6.62. The lowest BCUT2D eigenvalue weighted by Gasteiger charge is -2.59. The van der Waals surface area contributed by atoms with Crippen molar-refractivity contribution in [3.63, 3.8) is 0 Å². The number of rotatable bonds is 7. The second kappa shape index (κ2) is 10.7. The van der Waals surface area contributed by atoms with E-state index in [0.717, 1.165) is 59.5 Å². The molecule has 1 N–H and O–H groups in total. The number of aryl methyl sites for hydroxylation is 1. The van der Waals surface area contributed by atoms with Crippen LogP contribution in [0.25, 0.3) is 16.6 Å².